The first-order chi connectivity index (χ1) is 8.63. The van der Waals surface area contributed by atoms with Crippen molar-refractivity contribution in [1.82, 2.24) is 4.98 Å². The summed E-state index contributed by atoms with van der Waals surface area (Å²) >= 11 is 8.39. The van der Waals surface area contributed by atoms with E-state index in [0.717, 1.165) is 14.7 Å². The largest absolute Gasteiger partial charge is 0.436 e. The SMILES string of the molecule is Nc1ccc2oc(-c3cc(I)ccc3Cl)nc2c1. The maximum absolute atomic E-state index is 6.16. The standard InChI is InChI=1S/C13H8ClIN2O/c14-10-3-1-7(15)5-9(10)13-17-11-6-8(16)2-4-12(11)18-13/h1-6H,16H2. The van der Waals surface area contributed by atoms with Gasteiger partial charge in [-0.05, 0) is 59.0 Å². The summed E-state index contributed by atoms with van der Waals surface area (Å²) in [5.41, 5.74) is 8.61. The minimum Gasteiger partial charge on any atom is -0.436 e. The first-order valence-corrected chi connectivity index (χ1v) is 6.70. The highest BCUT2D eigenvalue weighted by Crippen LogP contribution is 2.31. The third-order valence-electron chi connectivity index (χ3n) is 2.57. The second-order valence-corrected chi connectivity index (χ2v) is 5.52. The van der Waals surface area contributed by atoms with Crippen molar-refractivity contribution >= 4 is 51.0 Å². The van der Waals surface area contributed by atoms with E-state index in [9.17, 15) is 0 Å². The number of rotatable bonds is 1. The van der Waals surface area contributed by atoms with Crippen LogP contribution in [-0.2, 0) is 0 Å². The summed E-state index contributed by atoms with van der Waals surface area (Å²) in [6, 6.07) is 11.1. The number of nitrogens with two attached hydrogens (primary N) is 1. The molecular formula is C13H8ClIN2O. The molecular weight excluding hydrogens is 363 g/mol. The predicted octanol–water partition coefficient (Wildman–Crippen LogP) is 4.34. The summed E-state index contributed by atoms with van der Waals surface area (Å²) in [5, 5.41) is 0.620. The molecule has 0 spiro atoms. The summed E-state index contributed by atoms with van der Waals surface area (Å²) in [6.45, 7) is 0. The number of oxazole rings is 1. The fourth-order valence-corrected chi connectivity index (χ4v) is 2.41. The normalized spacial score (nSPS) is 11.0. The molecule has 0 aliphatic carbocycles. The van der Waals surface area contributed by atoms with Crippen LogP contribution >= 0.6 is 34.2 Å². The number of hydrogen-bond donors (Lipinski definition) is 1. The van der Waals surface area contributed by atoms with Gasteiger partial charge in [0.2, 0.25) is 5.89 Å². The molecule has 0 aliphatic heterocycles. The first-order valence-electron chi connectivity index (χ1n) is 5.25. The van der Waals surface area contributed by atoms with Gasteiger partial charge in [0, 0.05) is 9.26 Å². The quantitative estimate of drug-likeness (QED) is 0.512. The summed E-state index contributed by atoms with van der Waals surface area (Å²) in [7, 11) is 0. The van der Waals surface area contributed by atoms with Crippen LogP contribution in [-0.4, -0.2) is 4.98 Å². The average molecular weight is 371 g/mol. The second kappa shape index (κ2) is 4.44. The number of nitrogens with zero attached hydrogens (tertiary/aromatic N) is 1. The Bertz CT molecular complexity index is 739. The van der Waals surface area contributed by atoms with Crippen LogP contribution in [0.1, 0.15) is 0 Å². The molecule has 18 heavy (non-hydrogen) atoms. The minimum atomic E-state index is 0.513. The lowest BCUT2D eigenvalue weighted by molar-refractivity contribution is 0.620. The zero-order chi connectivity index (χ0) is 12.7. The molecule has 0 amide bonds. The lowest BCUT2D eigenvalue weighted by Gasteiger charge is -1.99. The van der Waals surface area contributed by atoms with E-state index >= 15 is 0 Å². The summed E-state index contributed by atoms with van der Waals surface area (Å²) in [5.74, 6) is 0.513. The zero-order valence-corrected chi connectivity index (χ0v) is 12.1. The minimum absolute atomic E-state index is 0.513. The van der Waals surface area contributed by atoms with Gasteiger partial charge in [-0.25, -0.2) is 4.98 Å². The number of hydrogen-bond acceptors (Lipinski definition) is 3. The van der Waals surface area contributed by atoms with Crippen LogP contribution in [0.25, 0.3) is 22.6 Å². The first kappa shape index (κ1) is 11.8. The molecule has 0 bridgehead atoms. The van der Waals surface area contributed by atoms with Crippen molar-refractivity contribution in [3.05, 3.63) is 45.0 Å². The van der Waals surface area contributed by atoms with E-state index in [1.54, 1.807) is 12.1 Å². The van der Waals surface area contributed by atoms with Gasteiger partial charge in [0.25, 0.3) is 0 Å². The molecule has 0 fully saturated rings. The van der Waals surface area contributed by atoms with Gasteiger partial charge >= 0.3 is 0 Å². The highest BCUT2D eigenvalue weighted by atomic mass is 127. The molecule has 5 heteroatoms. The highest BCUT2D eigenvalue weighted by molar-refractivity contribution is 14.1. The van der Waals surface area contributed by atoms with E-state index in [0.29, 0.717) is 22.2 Å². The van der Waals surface area contributed by atoms with E-state index in [2.05, 4.69) is 27.6 Å². The number of aromatic nitrogens is 1. The van der Waals surface area contributed by atoms with Crippen LogP contribution in [0.2, 0.25) is 5.02 Å². The fraction of sp³-hybridized carbons (Fsp3) is 0. The molecule has 3 nitrogen and oxygen atoms in total. The van der Waals surface area contributed by atoms with Crippen LogP contribution in [0.4, 0.5) is 5.69 Å². The molecule has 0 saturated carbocycles. The summed E-state index contributed by atoms with van der Waals surface area (Å²) in [6.07, 6.45) is 0. The Labute approximate surface area is 122 Å². The Balaban J connectivity index is 2.22. The van der Waals surface area contributed by atoms with E-state index < -0.39 is 0 Å². The van der Waals surface area contributed by atoms with Crippen molar-refractivity contribution in [3.8, 4) is 11.5 Å². The van der Waals surface area contributed by atoms with E-state index in [-0.39, 0.29) is 0 Å². The highest BCUT2D eigenvalue weighted by Gasteiger charge is 2.12. The van der Waals surface area contributed by atoms with Gasteiger partial charge in [0.05, 0.1) is 10.6 Å². The van der Waals surface area contributed by atoms with E-state index in [4.69, 9.17) is 21.8 Å². The third-order valence-corrected chi connectivity index (χ3v) is 3.57. The number of halogens is 2. The van der Waals surface area contributed by atoms with Crippen LogP contribution in [0.5, 0.6) is 0 Å². The molecule has 1 heterocycles. The van der Waals surface area contributed by atoms with Crippen molar-refractivity contribution in [1.29, 1.82) is 0 Å². The van der Waals surface area contributed by atoms with Gasteiger partial charge < -0.3 is 10.2 Å². The topological polar surface area (TPSA) is 52.0 Å². The molecule has 3 aromatic rings. The van der Waals surface area contributed by atoms with Crippen molar-refractivity contribution in [3.63, 3.8) is 0 Å². The Morgan fingerprint density at radius 1 is 1.17 bits per heavy atom. The van der Waals surface area contributed by atoms with Crippen molar-refractivity contribution in [2.45, 2.75) is 0 Å². The number of anilines is 1. The predicted molar refractivity (Wildman–Crippen MR) is 81.6 cm³/mol. The molecule has 0 radical (unpaired) electrons. The van der Waals surface area contributed by atoms with Gasteiger partial charge in [0.1, 0.15) is 5.52 Å². The van der Waals surface area contributed by atoms with E-state index in [1.165, 1.54) is 0 Å². The smallest absolute Gasteiger partial charge is 0.228 e. The van der Waals surface area contributed by atoms with Crippen LogP contribution in [0.3, 0.4) is 0 Å². The Morgan fingerprint density at radius 2 is 2.00 bits per heavy atom. The molecule has 2 N–H and O–H groups in total. The number of benzene rings is 2. The molecule has 3 rings (SSSR count). The molecule has 0 aliphatic rings. The number of fused-ring (bicyclic) bond motifs is 1. The van der Waals surface area contributed by atoms with Crippen LogP contribution in [0, 0.1) is 3.57 Å². The molecule has 2 aromatic carbocycles. The summed E-state index contributed by atoms with van der Waals surface area (Å²) in [4.78, 5) is 4.41. The average Bonchev–Trinajstić information content (AvgIpc) is 2.74. The van der Waals surface area contributed by atoms with Crippen molar-refractivity contribution < 1.29 is 4.42 Å². The third kappa shape index (κ3) is 2.06. The van der Waals surface area contributed by atoms with E-state index in [1.807, 2.05) is 24.3 Å². The van der Waals surface area contributed by atoms with Gasteiger partial charge in [-0.15, -0.1) is 0 Å². The molecule has 1 aromatic heterocycles. The molecule has 0 atom stereocenters. The van der Waals surface area contributed by atoms with Gasteiger partial charge in [-0.1, -0.05) is 11.6 Å². The fourth-order valence-electron chi connectivity index (χ4n) is 1.72. The lowest BCUT2D eigenvalue weighted by Crippen LogP contribution is -1.83. The Kier molecular flexibility index (Phi) is 2.91. The zero-order valence-electron chi connectivity index (χ0n) is 9.15. The maximum Gasteiger partial charge on any atom is 0.228 e. The number of nitrogen functional groups attached to an aromatic ring is 1. The van der Waals surface area contributed by atoms with Crippen LogP contribution in [0.15, 0.2) is 40.8 Å². The van der Waals surface area contributed by atoms with Gasteiger partial charge in [-0.2, -0.15) is 0 Å². The maximum atomic E-state index is 6.16. The Morgan fingerprint density at radius 3 is 2.83 bits per heavy atom. The summed E-state index contributed by atoms with van der Waals surface area (Å²) < 4.78 is 6.77. The van der Waals surface area contributed by atoms with Crippen LogP contribution < -0.4 is 5.73 Å². The van der Waals surface area contributed by atoms with Gasteiger partial charge in [-0.3, -0.25) is 0 Å². The molecule has 0 saturated heterocycles. The van der Waals surface area contributed by atoms with Crippen molar-refractivity contribution in [2.75, 3.05) is 5.73 Å². The Hall–Kier alpha value is -1.27. The van der Waals surface area contributed by atoms with Crippen molar-refractivity contribution in [2.24, 2.45) is 0 Å². The molecule has 90 valence electrons. The monoisotopic (exact) mass is 370 g/mol. The van der Waals surface area contributed by atoms with Gasteiger partial charge in [0.15, 0.2) is 5.58 Å². The second-order valence-electron chi connectivity index (χ2n) is 3.87. The lowest BCUT2D eigenvalue weighted by atomic mass is 10.2. The molecule has 0 unspecified atom stereocenters.